The molecule has 3 fully saturated rings. The van der Waals surface area contributed by atoms with Crippen molar-refractivity contribution in [3.05, 3.63) is 82.8 Å². The lowest BCUT2D eigenvalue weighted by Gasteiger charge is -2.62. The number of thioether (sulfide) groups is 1. The van der Waals surface area contributed by atoms with E-state index in [9.17, 15) is 24.3 Å². The third kappa shape index (κ3) is 4.33. The Labute approximate surface area is 264 Å². The van der Waals surface area contributed by atoms with E-state index in [4.69, 9.17) is 20.8 Å². The summed E-state index contributed by atoms with van der Waals surface area (Å²) in [5.74, 6) is -3.35. The second-order valence-electron chi connectivity index (χ2n) is 13.0. The number of Topliss-reactive ketones (excluding diaryl/α,β-unsaturated/α-hetero) is 1. The first-order valence-electron chi connectivity index (χ1n) is 14.8. The molecule has 4 aliphatic rings. The molecule has 0 unspecified atom stereocenters. The van der Waals surface area contributed by atoms with E-state index in [0.29, 0.717) is 35.4 Å². The van der Waals surface area contributed by atoms with Gasteiger partial charge in [-0.3, -0.25) is 14.4 Å². The van der Waals surface area contributed by atoms with Crippen LogP contribution < -0.4 is 0 Å². The van der Waals surface area contributed by atoms with E-state index in [0.717, 1.165) is 11.8 Å². The topological polar surface area (TPSA) is 111 Å². The molecule has 1 aromatic heterocycles. The lowest BCUT2D eigenvalue weighted by atomic mass is 9.45. The van der Waals surface area contributed by atoms with Crippen LogP contribution in [0, 0.1) is 28.6 Å². The number of ketones is 2. The number of furan rings is 1. The van der Waals surface area contributed by atoms with Crippen LogP contribution in [-0.4, -0.2) is 50.9 Å². The SMILES string of the molecule is C[C@@H]1C[C@H]2[C@@H]3CCC4=CC(=O)C=C[C@]4(C)[C@@]3(F)[C@@H](O)C[C@]2(C)[C@@]1(OC(=O)c1ccco1)C(=O)SCC(=O)c1ccc(Cl)cc1. The van der Waals surface area contributed by atoms with Crippen molar-refractivity contribution in [2.45, 2.75) is 63.8 Å². The van der Waals surface area contributed by atoms with E-state index in [-0.39, 0.29) is 29.5 Å². The maximum absolute atomic E-state index is 17.7. The number of ether oxygens (including phenoxy) is 1. The van der Waals surface area contributed by atoms with E-state index < -0.39 is 57.0 Å². The summed E-state index contributed by atoms with van der Waals surface area (Å²) < 4.78 is 29.2. The molecule has 0 saturated heterocycles. The molecule has 4 aliphatic carbocycles. The molecule has 7 nitrogen and oxygen atoms in total. The number of hydrogen-bond acceptors (Lipinski definition) is 8. The van der Waals surface area contributed by atoms with Gasteiger partial charge >= 0.3 is 5.97 Å². The van der Waals surface area contributed by atoms with Crippen LogP contribution in [0.4, 0.5) is 4.39 Å². The minimum absolute atomic E-state index is 0.0909. The Hall–Kier alpha value is -3.01. The standard InChI is InChI=1S/C34H34ClFO7S/c1-19-15-25-24-11-8-21-16-23(37)12-13-31(21,2)33(24,36)28(39)17-32(25,3)34(19,43-29(40)27-5-4-14-42-27)30(41)44-18-26(38)20-6-9-22(35)10-7-20/h4-7,9-10,12-14,16,19,24-25,28,39H,8,11,15,17-18H2,1-3H3/t19-,24+,25+,28+,31+,32+,33+,34+/m1/s1. The van der Waals surface area contributed by atoms with Crippen molar-refractivity contribution in [3.8, 4) is 0 Å². The number of esters is 1. The number of aliphatic hydroxyl groups excluding tert-OH is 1. The predicted octanol–water partition coefficient (Wildman–Crippen LogP) is 6.59. The minimum atomic E-state index is -2.11. The molecule has 1 aromatic carbocycles. The average molecular weight is 641 g/mol. The van der Waals surface area contributed by atoms with E-state index in [1.807, 2.05) is 0 Å². The lowest BCUT2D eigenvalue weighted by molar-refractivity contribution is -0.216. The van der Waals surface area contributed by atoms with Gasteiger partial charge in [0.05, 0.1) is 18.1 Å². The molecule has 0 spiro atoms. The van der Waals surface area contributed by atoms with Gasteiger partial charge in [0.1, 0.15) is 0 Å². The molecule has 0 radical (unpaired) electrons. The van der Waals surface area contributed by atoms with Gasteiger partial charge in [0.15, 0.2) is 22.8 Å². The molecule has 6 rings (SSSR count). The number of alkyl halides is 1. The first-order valence-corrected chi connectivity index (χ1v) is 16.2. The van der Waals surface area contributed by atoms with Gasteiger partial charge in [-0.1, -0.05) is 48.9 Å². The van der Waals surface area contributed by atoms with Crippen molar-refractivity contribution in [2.75, 3.05) is 5.75 Å². The van der Waals surface area contributed by atoms with Gasteiger partial charge in [-0.15, -0.1) is 0 Å². The number of aliphatic hydroxyl groups is 1. The molecule has 0 aliphatic heterocycles. The maximum Gasteiger partial charge on any atom is 0.375 e. The number of carbonyl (C=O) groups excluding carboxylic acids is 4. The lowest BCUT2D eigenvalue weighted by Crippen LogP contribution is -2.69. The van der Waals surface area contributed by atoms with Gasteiger partial charge in [-0.25, -0.2) is 9.18 Å². The number of halogens is 2. The number of hydrogen-bond donors (Lipinski definition) is 1. The zero-order valence-electron chi connectivity index (χ0n) is 24.7. The van der Waals surface area contributed by atoms with Crippen molar-refractivity contribution in [2.24, 2.45) is 28.6 Å². The molecule has 0 bridgehead atoms. The van der Waals surface area contributed by atoms with Crippen LogP contribution in [0.2, 0.25) is 5.02 Å². The van der Waals surface area contributed by atoms with Gasteiger partial charge in [0, 0.05) is 33.3 Å². The maximum atomic E-state index is 17.7. The van der Waals surface area contributed by atoms with Crippen molar-refractivity contribution in [1.82, 2.24) is 0 Å². The van der Waals surface area contributed by atoms with Gasteiger partial charge in [-0.05, 0) is 87.1 Å². The molecule has 1 N–H and O–H groups in total. The van der Waals surface area contributed by atoms with Crippen LogP contribution in [0.1, 0.15) is 67.4 Å². The van der Waals surface area contributed by atoms with E-state index in [2.05, 4.69) is 0 Å². The number of carbonyl (C=O) groups is 4. The quantitative estimate of drug-likeness (QED) is 0.278. The van der Waals surface area contributed by atoms with Gasteiger partial charge in [0.2, 0.25) is 10.9 Å². The summed E-state index contributed by atoms with van der Waals surface area (Å²) >= 11 is 6.72. The van der Waals surface area contributed by atoms with Crippen LogP contribution in [0.3, 0.4) is 0 Å². The van der Waals surface area contributed by atoms with E-state index >= 15 is 4.39 Å². The number of allylic oxidation sites excluding steroid dienone is 4. The molecule has 3 saturated carbocycles. The molecule has 0 amide bonds. The molecule has 232 valence electrons. The molecule has 1 heterocycles. The molecule has 44 heavy (non-hydrogen) atoms. The number of benzene rings is 1. The minimum Gasteiger partial charge on any atom is -0.457 e. The molecule has 2 aromatic rings. The fourth-order valence-corrected chi connectivity index (χ4v) is 10.0. The summed E-state index contributed by atoms with van der Waals surface area (Å²) in [6, 6.07) is 9.31. The van der Waals surface area contributed by atoms with Crippen molar-refractivity contribution in [3.63, 3.8) is 0 Å². The third-order valence-electron chi connectivity index (χ3n) is 11.0. The Morgan fingerprint density at radius 3 is 2.57 bits per heavy atom. The highest BCUT2D eigenvalue weighted by molar-refractivity contribution is 8.14. The summed E-state index contributed by atoms with van der Waals surface area (Å²) in [4.78, 5) is 53.2. The van der Waals surface area contributed by atoms with Gasteiger partial charge < -0.3 is 14.3 Å². The Bertz CT molecular complexity index is 1580. The average Bonchev–Trinajstić information content (AvgIpc) is 3.60. The molecular weight excluding hydrogens is 607 g/mol. The summed E-state index contributed by atoms with van der Waals surface area (Å²) in [5, 5.41) is 11.7. The highest BCUT2D eigenvalue weighted by Crippen LogP contribution is 2.71. The molecule has 10 heteroatoms. The van der Waals surface area contributed by atoms with Crippen LogP contribution in [0.5, 0.6) is 0 Å². The van der Waals surface area contributed by atoms with Gasteiger partial charge in [-0.2, -0.15) is 0 Å². The Kier molecular flexibility index (Phi) is 7.61. The second kappa shape index (κ2) is 10.8. The highest BCUT2D eigenvalue weighted by Gasteiger charge is 2.77. The van der Waals surface area contributed by atoms with Crippen molar-refractivity contribution >= 4 is 46.0 Å². The number of fused-ring (bicyclic) bond motifs is 5. The number of rotatable bonds is 6. The van der Waals surface area contributed by atoms with Crippen LogP contribution in [-0.2, 0) is 14.3 Å². The Morgan fingerprint density at radius 1 is 1.16 bits per heavy atom. The monoisotopic (exact) mass is 640 g/mol. The first-order chi connectivity index (χ1) is 20.8. The van der Waals surface area contributed by atoms with E-state index in [1.165, 1.54) is 30.5 Å². The molecule has 8 atom stereocenters. The third-order valence-corrected chi connectivity index (χ3v) is 12.2. The summed E-state index contributed by atoms with van der Waals surface area (Å²) in [5.41, 5.74) is -5.24. The molecular formula is C34H34ClFO7S. The normalized spacial score (nSPS) is 37.4. The first kappa shape index (κ1) is 31.0. The van der Waals surface area contributed by atoms with E-state index in [1.54, 1.807) is 51.1 Å². The Morgan fingerprint density at radius 2 is 1.89 bits per heavy atom. The summed E-state index contributed by atoms with van der Waals surface area (Å²) in [7, 11) is 0. The van der Waals surface area contributed by atoms with Crippen LogP contribution in [0.15, 0.2) is 70.9 Å². The summed E-state index contributed by atoms with van der Waals surface area (Å²) in [6.07, 6.45) is 5.24. The zero-order valence-corrected chi connectivity index (χ0v) is 26.3. The smallest absolute Gasteiger partial charge is 0.375 e. The van der Waals surface area contributed by atoms with Crippen LogP contribution in [0.25, 0.3) is 0 Å². The fourth-order valence-electron chi connectivity index (χ4n) is 8.77. The second-order valence-corrected chi connectivity index (χ2v) is 14.4. The van der Waals surface area contributed by atoms with Crippen molar-refractivity contribution in [1.29, 1.82) is 0 Å². The largest absolute Gasteiger partial charge is 0.457 e. The fraction of sp³-hybridized carbons (Fsp3) is 0.471. The zero-order chi connectivity index (χ0) is 31.7. The summed E-state index contributed by atoms with van der Waals surface area (Å²) in [6.45, 7) is 5.33. The predicted molar refractivity (Wildman–Crippen MR) is 163 cm³/mol. The Balaban J connectivity index is 1.39. The van der Waals surface area contributed by atoms with Gasteiger partial charge in [0.25, 0.3) is 0 Å². The van der Waals surface area contributed by atoms with Crippen molar-refractivity contribution < 1.29 is 37.8 Å². The van der Waals surface area contributed by atoms with Crippen LogP contribution >= 0.6 is 23.4 Å². The highest BCUT2D eigenvalue weighted by atomic mass is 35.5.